The van der Waals surface area contributed by atoms with Crippen molar-refractivity contribution in [2.45, 2.75) is 13.3 Å². The molecule has 0 unspecified atom stereocenters. The van der Waals surface area contributed by atoms with E-state index < -0.39 is 6.37 Å². The maximum Gasteiger partial charge on any atom is 0.216 e. The summed E-state index contributed by atoms with van der Waals surface area (Å²) < 4.78 is 23.6. The van der Waals surface area contributed by atoms with Crippen LogP contribution in [0.4, 0.5) is 0 Å². The minimum atomic E-state index is -1.40. The van der Waals surface area contributed by atoms with Crippen molar-refractivity contribution in [1.82, 2.24) is 0 Å². The largest absolute Gasteiger partial charge is 0.492 e. The molecule has 17 heavy (non-hydrogen) atoms. The first-order valence-electron chi connectivity index (χ1n) is 6.72. The Labute approximate surface area is 104 Å². The van der Waals surface area contributed by atoms with Gasteiger partial charge in [0.05, 0.1) is 12.2 Å². The van der Waals surface area contributed by atoms with E-state index in [-0.39, 0.29) is 6.61 Å². The molecule has 0 saturated heterocycles. The summed E-state index contributed by atoms with van der Waals surface area (Å²) in [5.41, 5.74) is 3.77. The van der Waals surface area contributed by atoms with Gasteiger partial charge in [-0.05, 0) is 24.1 Å². The van der Waals surface area contributed by atoms with E-state index in [1.54, 1.807) is 0 Å². The number of benzene rings is 1. The fraction of sp³-hybridized carbons (Fsp3) is 0.267. The molecule has 0 radical (unpaired) electrons. The molecular weight excluding hydrogens is 210 g/mol. The van der Waals surface area contributed by atoms with Crippen molar-refractivity contribution in [3.63, 3.8) is 0 Å². The molecule has 1 aromatic carbocycles. The molecule has 2 heteroatoms. The molecule has 2 heterocycles. The number of nitrogens with zero attached hydrogens (tertiary/aromatic N) is 1. The average Bonchev–Trinajstić information content (AvgIpc) is 2.67. The van der Waals surface area contributed by atoms with Crippen LogP contribution in [0.5, 0.6) is 5.75 Å². The number of rotatable bonds is 1. The first kappa shape index (κ1) is 8.29. The van der Waals surface area contributed by atoms with Gasteiger partial charge in [-0.2, -0.15) is 0 Å². The average molecular weight is 228 g/mol. The molecule has 0 aliphatic carbocycles. The standard InChI is InChI=1S/C15H16NO/c1-11-6-7-12-8-10-17-15(12)14(11)13-5-3-4-9-16(13)2/h3-7,9H,8,10H2,1-2H3/q+1/i8D2. The van der Waals surface area contributed by atoms with Crippen molar-refractivity contribution in [3.05, 3.63) is 47.7 Å². The molecule has 1 aliphatic heterocycles. The van der Waals surface area contributed by atoms with Gasteiger partial charge < -0.3 is 4.74 Å². The summed E-state index contributed by atoms with van der Waals surface area (Å²) in [6.07, 6.45) is 0.586. The maximum absolute atomic E-state index is 7.99. The van der Waals surface area contributed by atoms with E-state index in [1.165, 1.54) is 0 Å². The number of pyridine rings is 1. The highest BCUT2D eigenvalue weighted by atomic mass is 16.5. The van der Waals surface area contributed by atoms with E-state index in [9.17, 15) is 0 Å². The van der Waals surface area contributed by atoms with E-state index in [1.807, 2.05) is 55.1 Å². The van der Waals surface area contributed by atoms with Crippen LogP contribution in [0.2, 0.25) is 0 Å². The lowest BCUT2D eigenvalue weighted by Gasteiger charge is -2.09. The fourth-order valence-corrected chi connectivity index (χ4v) is 2.26. The molecule has 0 fully saturated rings. The third-order valence-corrected chi connectivity index (χ3v) is 3.16. The first-order chi connectivity index (χ1) is 9.00. The lowest BCUT2D eigenvalue weighted by Crippen LogP contribution is -2.30. The normalized spacial score (nSPS) is 18.0. The summed E-state index contributed by atoms with van der Waals surface area (Å²) in [6.45, 7) is 2.12. The van der Waals surface area contributed by atoms with Crippen LogP contribution < -0.4 is 9.30 Å². The van der Waals surface area contributed by atoms with E-state index in [4.69, 9.17) is 7.48 Å². The second kappa shape index (κ2) is 3.88. The predicted molar refractivity (Wildman–Crippen MR) is 67.0 cm³/mol. The minimum absolute atomic E-state index is 0.0926. The van der Waals surface area contributed by atoms with Crippen LogP contribution in [0.1, 0.15) is 13.9 Å². The van der Waals surface area contributed by atoms with Gasteiger partial charge in [-0.3, -0.25) is 0 Å². The fourth-order valence-electron chi connectivity index (χ4n) is 2.26. The van der Waals surface area contributed by atoms with Crippen molar-refractivity contribution >= 4 is 0 Å². The van der Waals surface area contributed by atoms with Gasteiger partial charge in [-0.1, -0.05) is 12.1 Å². The third-order valence-electron chi connectivity index (χ3n) is 3.16. The smallest absolute Gasteiger partial charge is 0.216 e. The summed E-state index contributed by atoms with van der Waals surface area (Å²) in [6, 6.07) is 9.79. The summed E-state index contributed by atoms with van der Waals surface area (Å²) in [4.78, 5) is 0. The summed E-state index contributed by atoms with van der Waals surface area (Å²) in [5.74, 6) is 0.687. The zero-order valence-corrected chi connectivity index (χ0v) is 10.0. The zero-order valence-electron chi connectivity index (χ0n) is 12.0. The van der Waals surface area contributed by atoms with Crippen LogP contribution in [0.3, 0.4) is 0 Å². The molecule has 0 N–H and O–H groups in total. The van der Waals surface area contributed by atoms with Crippen LogP contribution in [0, 0.1) is 6.92 Å². The van der Waals surface area contributed by atoms with Gasteiger partial charge in [-0.25, -0.2) is 4.57 Å². The number of fused-ring (bicyclic) bond motifs is 1. The van der Waals surface area contributed by atoms with Crippen LogP contribution >= 0.6 is 0 Å². The molecule has 0 atom stereocenters. The number of aryl methyl sites for hydroxylation is 2. The van der Waals surface area contributed by atoms with E-state index in [0.29, 0.717) is 11.3 Å². The Kier molecular flexibility index (Phi) is 1.89. The summed E-state index contributed by atoms with van der Waals surface area (Å²) in [7, 11) is 1.98. The van der Waals surface area contributed by atoms with Crippen LogP contribution in [0.25, 0.3) is 11.3 Å². The Balaban J connectivity index is 2.29. The van der Waals surface area contributed by atoms with E-state index >= 15 is 0 Å². The molecule has 2 aromatic rings. The quantitative estimate of drug-likeness (QED) is 0.683. The molecule has 1 aliphatic rings. The van der Waals surface area contributed by atoms with Crippen LogP contribution in [-0.4, -0.2) is 6.61 Å². The van der Waals surface area contributed by atoms with Crippen LogP contribution in [-0.2, 0) is 13.4 Å². The highest BCUT2D eigenvalue weighted by molar-refractivity contribution is 5.71. The zero-order chi connectivity index (χ0) is 13.6. The summed E-state index contributed by atoms with van der Waals surface area (Å²) >= 11 is 0. The van der Waals surface area contributed by atoms with Crippen LogP contribution in [0.15, 0.2) is 36.5 Å². The molecule has 0 amide bonds. The van der Waals surface area contributed by atoms with Crippen molar-refractivity contribution in [1.29, 1.82) is 0 Å². The second-order valence-corrected chi connectivity index (χ2v) is 4.30. The van der Waals surface area contributed by atoms with Crippen molar-refractivity contribution in [2.75, 3.05) is 6.61 Å². The Bertz CT molecular complexity index is 653. The Hall–Kier alpha value is -1.83. The molecule has 0 saturated carbocycles. The van der Waals surface area contributed by atoms with Gasteiger partial charge in [-0.15, -0.1) is 0 Å². The Morgan fingerprint density at radius 1 is 1.29 bits per heavy atom. The number of ether oxygens (including phenoxy) is 1. The van der Waals surface area contributed by atoms with Crippen molar-refractivity contribution in [2.24, 2.45) is 7.05 Å². The predicted octanol–water partition coefficient (Wildman–Crippen LogP) is 2.42. The van der Waals surface area contributed by atoms with Gasteiger partial charge >= 0.3 is 0 Å². The molecule has 2 nitrogen and oxygen atoms in total. The Morgan fingerprint density at radius 3 is 3.00 bits per heavy atom. The van der Waals surface area contributed by atoms with Gasteiger partial charge in [0.15, 0.2) is 6.20 Å². The van der Waals surface area contributed by atoms with E-state index in [0.717, 1.165) is 16.8 Å². The minimum Gasteiger partial charge on any atom is -0.492 e. The molecule has 0 bridgehead atoms. The number of hydrogen-bond donors (Lipinski definition) is 0. The van der Waals surface area contributed by atoms with Crippen molar-refractivity contribution < 1.29 is 12.0 Å². The van der Waals surface area contributed by atoms with Crippen molar-refractivity contribution in [3.8, 4) is 17.0 Å². The first-order valence-corrected chi connectivity index (χ1v) is 5.72. The SMILES string of the molecule is [2H]C1([2H])COc2c1ccc(C)c2-c1cccc[n+]1C. The molecule has 3 rings (SSSR count). The molecular formula is C15H16NO+. The van der Waals surface area contributed by atoms with E-state index in [2.05, 4.69) is 0 Å². The maximum atomic E-state index is 7.99. The molecule has 0 spiro atoms. The Morgan fingerprint density at radius 2 is 2.18 bits per heavy atom. The van der Waals surface area contributed by atoms with Gasteiger partial charge in [0, 0.05) is 21.2 Å². The van der Waals surface area contributed by atoms with Gasteiger partial charge in [0.2, 0.25) is 5.69 Å². The van der Waals surface area contributed by atoms with Gasteiger partial charge in [0.25, 0.3) is 0 Å². The topological polar surface area (TPSA) is 13.1 Å². The monoisotopic (exact) mass is 228 g/mol. The molecule has 86 valence electrons. The highest BCUT2D eigenvalue weighted by Crippen LogP contribution is 2.37. The lowest BCUT2D eigenvalue weighted by atomic mass is 9.99. The lowest BCUT2D eigenvalue weighted by molar-refractivity contribution is -0.660. The molecule has 1 aromatic heterocycles. The van der Waals surface area contributed by atoms with Gasteiger partial charge in [0.1, 0.15) is 12.8 Å². The highest BCUT2D eigenvalue weighted by Gasteiger charge is 2.23. The third kappa shape index (κ3) is 1.60. The second-order valence-electron chi connectivity index (χ2n) is 4.30. The summed E-state index contributed by atoms with van der Waals surface area (Å²) in [5, 5.41) is 0. The number of hydrogen-bond acceptors (Lipinski definition) is 1. The number of aromatic nitrogens is 1.